The van der Waals surface area contributed by atoms with Crippen LogP contribution in [0.4, 0.5) is 5.69 Å². The lowest BCUT2D eigenvalue weighted by atomic mass is 9.98. The van der Waals surface area contributed by atoms with Gasteiger partial charge in [0.05, 0.1) is 14.2 Å². The molecule has 0 aliphatic rings. The minimum atomic E-state index is -0.0873. The fourth-order valence-electron chi connectivity index (χ4n) is 2.02. The van der Waals surface area contributed by atoms with Gasteiger partial charge in [0.15, 0.2) is 17.3 Å². The number of nitrogen functional groups attached to an aromatic ring is 1. The first-order valence-electron chi connectivity index (χ1n) is 6.19. The van der Waals surface area contributed by atoms with Crippen molar-refractivity contribution in [3.8, 4) is 11.5 Å². The topological polar surface area (TPSA) is 61.5 Å². The van der Waals surface area contributed by atoms with E-state index in [0.717, 1.165) is 5.56 Å². The first kappa shape index (κ1) is 13.9. The van der Waals surface area contributed by atoms with Crippen LogP contribution >= 0.6 is 0 Å². The zero-order chi connectivity index (χ0) is 14.7. The number of carbonyl (C=O) groups excluding carboxylic acids is 1. The molecular formula is C16H17NO3. The van der Waals surface area contributed by atoms with E-state index in [4.69, 9.17) is 15.2 Å². The van der Waals surface area contributed by atoms with Gasteiger partial charge in [-0.05, 0) is 42.8 Å². The Balaban J connectivity index is 2.45. The lowest BCUT2D eigenvalue weighted by Gasteiger charge is -2.10. The number of rotatable bonds is 4. The SMILES string of the molecule is COc1ccc(C(=O)c2cc(N)ccc2C)cc1OC. The monoisotopic (exact) mass is 271 g/mol. The number of aryl methyl sites for hydroxylation is 1. The van der Waals surface area contributed by atoms with Crippen LogP contribution in [0, 0.1) is 6.92 Å². The summed E-state index contributed by atoms with van der Waals surface area (Å²) in [5.41, 5.74) is 8.34. The number of methoxy groups -OCH3 is 2. The Kier molecular flexibility index (Phi) is 3.94. The van der Waals surface area contributed by atoms with Crippen LogP contribution in [0.1, 0.15) is 21.5 Å². The highest BCUT2D eigenvalue weighted by molar-refractivity contribution is 6.10. The summed E-state index contributed by atoms with van der Waals surface area (Å²) >= 11 is 0. The number of benzene rings is 2. The van der Waals surface area contributed by atoms with Gasteiger partial charge in [0.1, 0.15) is 0 Å². The normalized spacial score (nSPS) is 10.2. The van der Waals surface area contributed by atoms with Gasteiger partial charge in [-0.3, -0.25) is 4.79 Å². The third kappa shape index (κ3) is 2.59. The summed E-state index contributed by atoms with van der Waals surface area (Å²) in [6.45, 7) is 1.88. The van der Waals surface area contributed by atoms with Crippen molar-refractivity contribution in [3.63, 3.8) is 0 Å². The van der Waals surface area contributed by atoms with Crippen LogP contribution < -0.4 is 15.2 Å². The first-order chi connectivity index (χ1) is 9.56. The number of hydrogen-bond donors (Lipinski definition) is 1. The molecule has 0 saturated heterocycles. The first-order valence-corrected chi connectivity index (χ1v) is 6.19. The predicted octanol–water partition coefficient (Wildman–Crippen LogP) is 2.83. The number of ketones is 1. The van der Waals surface area contributed by atoms with Crippen LogP contribution in [-0.2, 0) is 0 Å². The van der Waals surface area contributed by atoms with Crippen LogP contribution in [-0.4, -0.2) is 20.0 Å². The number of nitrogens with two attached hydrogens (primary N) is 1. The van der Waals surface area contributed by atoms with Crippen LogP contribution in [0.15, 0.2) is 36.4 Å². The van der Waals surface area contributed by atoms with Crippen LogP contribution in [0.5, 0.6) is 11.5 Å². The Morgan fingerprint density at radius 1 is 1.00 bits per heavy atom. The fraction of sp³-hybridized carbons (Fsp3) is 0.188. The van der Waals surface area contributed by atoms with E-state index in [9.17, 15) is 4.79 Å². The molecule has 4 heteroatoms. The summed E-state index contributed by atoms with van der Waals surface area (Å²) in [4.78, 5) is 12.5. The molecule has 2 rings (SSSR count). The molecule has 0 aliphatic heterocycles. The van der Waals surface area contributed by atoms with E-state index in [1.807, 2.05) is 13.0 Å². The number of hydrogen-bond acceptors (Lipinski definition) is 4. The Labute approximate surface area is 118 Å². The zero-order valence-corrected chi connectivity index (χ0v) is 11.8. The standard InChI is InChI=1S/C16H17NO3/c1-10-4-6-12(17)9-13(10)16(18)11-5-7-14(19-2)15(8-11)20-3/h4-9H,17H2,1-3H3. The second-order valence-electron chi connectivity index (χ2n) is 4.47. The van der Waals surface area contributed by atoms with Crippen molar-refractivity contribution in [2.24, 2.45) is 0 Å². The highest BCUT2D eigenvalue weighted by Gasteiger charge is 2.14. The highest BCUT2D eigenvalue weighted by atomic mass is 16.5. The van der Waals surface area contributed by atoms with Crippen LogP contribution in [0.25, 0.3) is 0 Å². The summed E-state index contributed by atoms with van der Waals surface area (Å²) in [7, 11) is 3.10. The van der Waals surface area contributed by atoms with Crippen molar-refractivity contribution in [2.45, 2.75) is 6.92 Å². The van der Waals surface area contributed by atoms with Crippen LogP contribution in [0.3, 0.4) is 0 Å². The van der Waals surface area contributed by atoms with Gasteiger partial charge in [-0.2, -0.15) is 0 Å². The smallest absolute Gasteiger partial charge is 0.193 e. The molecule has 0 bridgehead atoms. The summed E-state index contributed by atoms with van der Waals surface area (Å²) in [6.07, 6.45) is 0. The Morgan fingerprint density at radius 2 is 1.70 bits per heavy atom. The van der Waals surface area contributed by atoms with Gasteiger partial charge in [0.25, 0.3) is 0 Å². The summed E-state index contributed by atoms with van der Waals surface area (Å²) in [6, 6.07) is 10.4. The van der Waals surface area contributed by atoms with E-state index in [-0.39, 0.29) is 5.78 Å². The highest BCUT2D eigenvalue weighted by Crippen LogP contribution is 2.29. The van der Waals surface area contributed by atoms with E-state index in [0.29, 0.717) is 28.3 Å². The van der Waals surface area contributed by atoms with Gasteiger partial charge < -0.3 is 15.2 Å². The molecule has 0 radical (unpaired) electrons. The molecule has 2 aromatic rings. The third-order valence-corrected chi connectivity index (χ3v) is 3.15. The molecule has 0 fully saturated rings. The van der Waals surface area contributed by atoms with Crippen molar-refractivity contribution in [2.75, 3.05) is 20.0 Å². The molecule has 2 N–H and O–H groups in total. The van der Waals surface area contributed by atoms with E-state index in [2.05, 4.69) is 0 Å². The van der Waals surface area contributed by atoms with E-state index in [1.165, 1.54) is 7.11 Å². The van der Waals surface area contributed by atoms with Crippen molar-refractivity contribution in [1.29, 1.82) is 0 Å². The number of anilines is 1. The Bertz CT molecular complexity index is 650. The van der Waals surface area contributed by atoms with Gasteiger partial charge in [0.2, 0.25) is 0 Å². The van der Waals surface area contributed by atoms with Crippen molar-refractivity contribution < 1.29 is 14.3 Å². The molecule has 0 atom stereocenters. The van der Waals surface area contributed by atoms with E-state index < -0.39 is 0 Å². The minimum absolute atomic E-state index is 0.0873. The van der Waals surface area contributed by atoms with Crippen molar-refractivity contribution in [1.82, 2.24) is 0 Å². The number of ether oxygens (including phenoxy) is 2. The summed E-state index contributed by atoms with van der Waals surface area (Å²) < 4.78 is 10.4. The lowest BCUT2D eigenvalue weighted by Crippen LogP contribution is -2.05. The molecule has 20 heavy (non-hydrogen) atoms. The van der Waals surface area contributed by atoms with Gasteiger partial charge in [-0.25, -0.2) is 0 Å². The molecule has 0 aromatic heterocycles. The average Bonchev–Trinajstić information content (AvgIpc) is 2.48. The molecule has 104 valence electrons. The fourth-order valence-corrected chi connectivity index (χ4v) is 2.02. The van der Waals surface area contributed by atoms with Crippen molar-refractivity contribution >= 4 is 11.5 Å². The second kappa shape index (κ2) is 5.65. The maximum absolute atomic E-state index is 12.5. The maximum atomic E-state index is 12.5. The predicted molar refractivity (Wildman–Crippen MR) is 78.6 cm³/mol. The summed E-state index contributed by atoms with van der Waals surface area (Å²) in [5, 5.41) is 0. The van der Waals surface area contributed by atoms with Gasteiger partial charge >= 0.3 is 0 Å². The van der Waals surface area contributed by atoms with E-state index >= 15 is 0 Å². The second-order valence-corrected chi connectivity index (χ2v) is 4.47. The molecule has 2 aromatic carbocycles. The molecular weight excluding hydrogens is 254 g/mol. The Hall–Kier alpha value is -2.49. The average molecular weight is 271 g/mol. The number of carbonyl (C=O) groups is 1. The Morgan fingerprint density at radius 3 is 2.35 bits per heavy atom. The molecule has 0 aliphatic carbocycles. The molecule has 0 unspecified atom stereocenters. The lowest BCUT2D eigenvalue weighted by molar-refractivity contribution is 0.103. The molecule has 0 saturated carbocycles. The summed E-state index contributed by atoms with van der Waals surface area (Å²) in [5.74, 6) is 1.03. The molecule has 0 amide bonds. The zero-order valence-electron chi connectivity index (χ0n) is 11.8. The largest absolute Gasteiger partial charge is 0.493 e. The van der Waals surface area contributed by atoms with Gasteiger partial charge in [0, 0.05) is 16.8 Å². The van der Waals surface area contributed by atoms with E-state index in [1.54, 1.807) is 37.4 Å². The van der Waals surface area contributed by atoms with Gasteiger partial charge in [-0.15, -0.1) is 0 Å². The molecule has 0 heterocycles. The van der Waals surface area contributed by atoms with Crippen LogP contribution in [0.2, 0.25) is 0 Å². The minimum Gasteiger partial charge on any atom is -0.493 e. The maximum Gasteiger partial charge on any atom is 0.193 e. The molecule has 4 nitrogen and oxygen atoms in total. The third-order valence-electron chi connectivity index (χ3n) is 3.15. The van der Waals surface area contributed by atoms with Crippen molar-refractivity contribution in [3.05, 3.63) is 53.1 Å². The molecule has 0 spiro atoms. The van der Waals surface area contributed by atoms with Gasteiger partial charge in [-0.1, -0.05) is 6.07 Å². The quantitative estimate of drug-likeness (QED) is 0.686.